The number of nitrogen functional groups attached to an aromatic ring is 1. The summed E-state index contributed by atoms with van der Waals surface area (Å²) in [6, 6.07) is 5.85. The number of nitrogens with zero attached hydrogens (tertiary/aromatic N) is 2. The van der Waals surface area contributed by atoms with Crippen LogP contribution < -0.4 is 5.73 Å². The van der Waals surface area contributed by atoms with Crippen molar-refractivity contribution >= 4 is 5.82 Å². The molecule has 0 aliphatic rings. The van der Waals surface area contributed by atoms with Gasteiger partial charge in [0.15, 0.2) is 11.6 Å². The van der Waals surface area contributed by atoms with Crippen LogP contribution in [0.25, 0.3) is 0 Å². The quantitative estimate of drug-likeness (QED) is 0.795. The maximum Gasteiger partial charge on any atom is 0.167 e. The standard InChI is InChI=1S/C11H16N4O/c1-15(6-4-9-3-2-5-13-9)8-10-7-11(12)14-16-10/h2-3,5,7,13H,4,6,8H2,1H3,(H2,12,14). The molecule has 0 bridgehead atoms. The van der Waals surface area contributed by atoms with E-state index in [0.717, 1.165) is 25.3 Å². The third-order valence-electron chi connectivity index (χ3n) is 2.43. The zero-order valence-corrected chi connectivity index (χ0v) is 9.31. The molecule has 16 heavy (non-hydrogen) atoms. The second kappa shape index (κ2) is 4.85. The minimum Gasteiger partial charge on any atom is -0.381 e. The lowest BCUT2D eigenvalue weighted by Crippen LogP contribution is -2.20. The zero-order valence-electron chi connectivity index (χ0n) is 9.31. The average molecular weight is 220 g/mol. The van der Waals surface area contributed by atoms with Gasteiger partial charge >= 0.3 is 0 Å². The van der Waals surface area contributed by atoms with Crippen molar-refractivity contribution in [3.05, 3.63) is 35.9 Å². The van der Waals surface area contributed by atoms with Crippen molar-refractivity contribution in [2.75, 3.05) is 19.3 Å². The summed E-state index contributed by atoms with van der Waals surface area (Å²) in [7, 11) is 2.04. The van der Waals surface area contributed by atoms with Gasteiger partial charge in [0.2, 0.25) is 0 Å². The van der Waals surface area contributed by atoms with Gasteiger partial charge in [-0.15, -0.1) is 0 Å². The third-order valence-corrected chi connectivity index (χ3v) is 2.43. The molecule has 5 heteroatoms. The highest BCUT2D eigenvalue weighted by Gasteiger charge is 2.05. The molecule has 2 aromatic heterocycles. The number of nitrogens with two attached hydrogens (primary N) is 1. The van der Waals surface area contributed by atoms with E-state index in [2.05, 4.69) is 21.1 Å². The molecule has 2 heterocycles. The van der Waals surface area contributed by atoms with Crippen LogP contribution in [0.2, 0.25) is 0 Å². The van der Waals surface area contributed by atoms with Gasteiger partial charge in [-0.05, 0) is 19.2 Å². The molecular formula is C11H16N4O. The fourth-order valence-electron chi connectivity index (χ4n) is 1.58. The third kappa shape index (κ3) is 2.87. The molecule has 0 aliphatic heterocycles. The summed E-state index contributed by atoms with van der Waals surface area (Å²) >= 11 is 0. The Morgan fingerprint density at radius 3 is 3.06 bits per heavy atom. The Bertz CT molecular complexity index is 421. The number of hydrogen-bond donors (Lipinski definition) is 2. The van der Waals surface area contributed by atoms with E-state index in [0.29, 0.717) is 5.82 Å². The minimum absolute atomic E-state index is 0.438. The van der Waals surface area contributed by atoms with E-state index in [1.165, 1.54) is 5.69 Å². The van der Waals surface area contributed by atoms with Gasteiger partial charge in [0.1, 0.15) is 0 Å². The number of aromatic nitrogens is 2. The van der Waals surface area contributed by atoms with Gasteiger partial charge in [0, 0.05) is 30.9 Å². The molecular weight excluding hydrogens is 204 g/mol. The van der Waals surface area contributed by atoms with Crippen LogP contribution in [-0.4, -0.2) is 28.6 Å². The van der Waals surface area contributed by atoms with E-state index < -0.39 is 0 Å². The van der Waals surface area contributed by atoms with Crippen molar-refractivity contribution in [3.8, 4) is 0 Å². The van der Waals surface area contributed by atoms with Crippen molar-refractivity contribution in [1.29, 1.82) is 0 Å². The minimum atomic E-state index is 0.438. The lowest BCUT2D eigenvalue weighted by atomic mass is 10.3. The first-order valence-electron chi connectivity index (χ1n) is 5.26. The lowest BCUT2D eigenvalue weighted by molar-refractivity contribution is 0.275. The maximum atomic E-state index is 5.48. The summed E-state index contributed by atoms with van der Waals surface area (Å²) in [4.78, 5) is 5.35. The van der Waals surface area contributed by atoms with Gasteiger partial charge in [-0.2, -0.15) is 0 Å². The fraction of sp³-hybridized carbons (Fsp3) is 0.364. The Morgan fingerprint density at radius 1 is 1.56 bits per heavy atom. The molecule has 2 aromatic rings. The molecule has 0 aliphatic carbocycles. The Morgan fingerprint density at radius 2 is 2.44 bits per heavy atom. The van der Waals surface area contributed by atoms with Gasteiger partial charge < -0.3 is 15.2 Å². The van der Waals surface area contributed by atoms with Crippen molar-refractivity contribution in [2.45, 2.75) is 13.0 Å². The summed E-state index contributed by atoms with van der Waals surface area (Å²) in [5, 5.41) is 3.65. The molecule has 0 spiro atoms. The summed E-state index contributed by atoms with van der Waals surface area (Å²) < 4.78 is 5.05. The van der Waals surface area contributed by atoms with Crippen molar-refractivity contribution in [1.82, 2.24) is 15.0 Å². The number of aromatic amines is 1. The Labute approximate surface area is 94.2 Å². The second-order valence-electron chi connectivity index (χ2n) is 3.90. The van der Waals surface area contributed by atoms with Crippen LogP contribution in [0.15, 0.2) is 28.9 Å². The molecule has 0 aromatic carbocycles. The highest BCUT2D eigenvalue weighted by molar-refractivity contribution is 5.26. The molecule has 0 saturated carbocycles. The number of H-pyrrole nitrogens is 1. The summed E-state index contributed by atoms with van der Waals surface area (Å²) in [6.07, 6.45) is 2.93. The number of nitrogens with one attached hydrogen (secondary N) is 1. The van der Waals surface area contributed by atoms with Crippen LogP contribution >= 0.6 is 0 Å². The lowest BCUT2D eigenvalue weighted by Gasteiger charge is -2.13. The Kier molecular flexibility index (Phi) is 3.26. The molecule has 0 saturated heterocycles. The normalized spacial score (nSPS) is 11.1. The number of hydrogen-bond acceptors (Lipinski definition) is 4. The van der Waals surface area contributed by atoms with Crippen LogP contribution in [-0.2, 0) is 13.0 Å². The van der Waals surface area contributed by atoms with Gasteiger partial charge in [0.05, 0.1) is 6.54 Å². The van der Waals surface area contributed by atoms with Crippen molar-refractivity contribution in [2.24, 2.45) is 0 Å². The first-order valence-corrected chi connectivity index (χ1v) is 5.26. The van der Waals surface area contributed by atoms with E-state index in [1.807, 2.05) is 19.3 Å². The average Bonchev–Trinajstić information content (AvgIpc) is 2.87. The molecule has 0 fully saturated rings. The molecule has 3 N–H and O–H groups in total. The maximum absolute atomic E-state index is 5.48. The van der Waals surface area contributed by atoms with Gasteiger partial charge in [-0.1, -0.05) is 5.16 Å². The predicted octanol–water partition coefficient (Wildman–Crippen LogP) is 1.26. The predicted molar refractivity (Wildman–Crippen MR) is 61.7 cm³/mol. The molecule has 5 nitrogen and oxygen atoms in total. The van der Waals surface area contributed by atoms with Crippen LogP contribution in [0.1, 0.15) is 11.5 Å². The first kappa shape index (κ1) is 10.8. The van der Waals surface area contributed by atoms with Crippen molar-refractivity contribution < 1.29 is 4.52 Å². The summed E-state index contributed by atoms with van der Waals surface area (Å²) in [5.41, 5.74) is 6.72. The molecule has 2 rings (SSSR count). The van der Waals surface area contributed by atoms with E-state index in [1.54, 1.807) is 6.07 Å². The fourth-order valence-corrected chi connectivity index (χ4v) is 1.58. The monoisotopic (exact) mass is 220 g/mol. The number of likely N-dealkylation sites (N-methyl/N-ethyl adjacent to an activating group) is 1. The van der Waals surface area contributed by atoms with E-state index in [-0.39, 0.29) is 0 Å². The van der Waals surface area contributed by atoms with E-state index in [9.17, 15) is 0 Å². The SMILES string of the molecule is CN(CCc1ccc[nH]1)Cc1cc(N)no1. The van der Waals surface area contributed by atoms with E-state index >= 15 is 0 Å². The number of rotatable bonds is 5. The van der Waals surface area contributed by atoms with Crippen LogP contribution in [0.4, 0.5) is 5.82 Å². The summed E-state index contributed by atoms with van der Waals surface area (Å²) in [6.45, 7) is 1.69. The first-order chi connectivity index (χ1) is 7.74. The van der Waals surface area contributed by atoms with Gasteiger partial charge in [-0.3, -0.25) is 4.90 Å². The molecule has 0 amide bonds. The molecule has 86 valence electrons. The number of anilines is 1. The molecule has 0 atom stereocenters. The summed E-state index contributed by atoms with van der Waals surface area (Å²) in [5.74, 6) is 1.24. The smallest absolute Gasteiger partial charge is 0.167 e. The largest absolute Gasteiger partial charge is 0.381 e. The topological polar surface area (TPSA) is 71.1 Å². The molecule has 0 radical (unpaired) electrons. The highest BCUT2D eigenvalue weighted by atomic mass is 16.5. The zero-order chi connectivity index (χ0) is 11.4. The van der Waals surface area contributed by atoms with E-state index in [4.69, 9.17) is 10.3 Å². The van der Waals surface area contributed by atoms with Crippen LogP contribution in [0, 0.1) is 0 Å². The van der Waals surface area contributed by atoms with Gasteiger partial charge in [0.25, 0.3) is 0 Å². The van der Waals surface area contributed by atoms with Crippen LogP contribution in [0.3, 0.4) is 0 Å². The van der Waals surface area contributed by atoms with Crippen molar-refractivity contribution in [3.63, 3.8) is 0 Å². The molecule has 0 unspecified atom stereocenters. The van der Waals surface area contributed by atoms with Gasteiger partial charge in [-0.25, -0.2) is 0 Å². The Balaban J connectivity index is 1.78. The van der Waals surface area contributed by atoms with Crippen LogP contribution in [0.5, 0.6) is 0 Å². The second-order valence-corrected chi connectivity index (χ2v) is 3.90. The Hall–Kier alpha value is -1.75. The highest BCUT2D eigenvalue weighted by Crippen LogP contribution is 2.07.